The highest BCUT2D eigenvalue weighted by Gasteiger charge is 2.53. The van der Waals surface area contributed by atoms with Crippen molar-refractivity contribution in [3.63, 3.8) is 0 Å². The highest BCUT2D eigenvalue weighted by atomic mass is 35.5. The molecule has 0 aliphatic heterocycles. The van der Waals surface area contributed by atoms with Gasteiger partial charge >= 0.3 is 0 Å². The van der Waals surface area contributed by atoms with Gasteiger partial charge in [-0.3, -0.25) is 14.7 Å². The number of anilines is 1. The van der Waals surface area contributed by atoms with E-state index in [1.165, 1.54) is 6.07 Å². The van der Waals surface area contributed by atoms with Crippen LogP contribution in [-0.4, -0.2) is 32.0 Å². The zero-order chi connectivity index (χ0) is 17.7. The number of hydrogen-bond donors (Lipinski definition) is 1. The van der Waals surface area contributed by atoms with E-state index in [2.05, 4.69) is 15.3 Å². The van der Waals surface area contributed by atoms with Gasteiger partial charge in [-0.15, -0.1) is 0 Å². The number of alkyl halides is 3. The monoisotopic (exact) mass is 360 g/mol. The lowest BCUT2D eigenvalue weighted by Gasteiger charge is -2.30. The maximum absolute atomic E-state index is 14.2. The molecule has 0 radical (unpaired) electrons. The summed E-state index contributed by atoms with van der Waals surface area (Å²) >= 11 is 5.91. The Morgan fingerprint density at radius 2 is 1.96 bits per heavy atom. The lowest BCUT2D eigenvalue weighted by molar-refractivity contribution is -0.153. The van der Waals surface area contributed by atoms with Crippen LogP contribution in [0.3, 0.4) is 0 Å². The molecule has 2 heterocycles. The molecular formula is C15H16ClF3N4O. The third-order valence-electron chi connectivity index (χ3n) is 4.42. The third kappa shape index (κ3) is 2.72. The number of nitrogens with one attached hydrogen (secondary N) is 1. The van der Waals surface area contributed by atoms with Crippen molar-refractivity contribution in [1.82, 2.24) is 14.5 Å². The van der Waals surface area contributed by atoms with Gasteiger partial charge in [-0.25, -0.2) is 23.1 Å². The molecule has 9 heteroatoms. The van der Waals surface area contributed by atoms with Crippen LogP contribution in [0.1, 0.15) is 39.2 Å². The number of nitrogens with zero attached hydrogens (tertiary/aromatic N) is 3. The molecule has 2 aromatic rings. The SMILES string of the molecule is CC(F)(F)C(C)(F)C(=O)Nc1nc2ccc(Cl)nc2n1C1CCC1. The van der Waals surface area contributed by atoms with Crippen LogP contribution in [-0.2, 0) is 4.79 Å². The molecule has 5 nitrogen and oxygen atoms in total. The molecule has 1 aliphatic rings. The Morgan fingerprint density at radius 1 is 1.29 bits per heavy atom. The third-order valence-corrected chi connectivity index (χ3v) is 4.63. The molecule has 1 saturated carbocycles. The van der Waals surface area contributed by atoms with Crippen LogP contribution in [0.15, 0.2) is 12.1 Å². The van der Waals surface area contributed by atoms with Crippen LogP contribution in [0, 0.1) is 0 Å². The maximum Gasteiger partial charge on any atom is 0.287 e. The standard InChI is InChI=1S/C15H16ClF3N4O/c1-14(17,15(2,18)19)12(24)22-13-20-9-6-7-10(16)21-11(9)23(13)8-4-3-5-8/h6-8H,3-5H2,1-2H3,(H,20,22,24). The quantitative estimate of drug-likeness (QED) is 0.834. The van der Waals surface area contributed by atoms with Gasteiger partial charge in [0.2, 0.25) is 11.6 Å². The zero-order valence-electron chi connectivity index (χ0n) is 13.1. The van der Waals surface area contributed by atoms with Gasteiger partial charge in [-0.05, 0) is 38.3 Å². The van der Waals surface area contributed by atoms with Crippen LogP contribution in [0.2, 0.25) is 5.15 Å². The molecule has 0 aromatic carbocycles. The predicted molar refractivity (Wildman–Crippen MR) is 84.2 cm³/mol. The van der Waals surface area contributed by atoms with Crippen molar-refractivity contribution in [3.8, 4) is 0 Å². The van der Waals surface area contributed by atoms with E-state index in [1.54, 1.807) is 10.6 Å². The second kappa shape index (κ2) is 5.61. The normalized spacial score (nSPS) is 18.2. The number of rotatable bonds is 4. The van der Waals surface area contributed by atoms with Gasteiger partial charge in [0.05, 0.1) is 0 Å². The van der Waals surface area contributed by atoms with Crippen molar-refractivity contribution >= 4 is 34.6 Å². The van der Waals surface area contributed by atoms with Crippen molar-refractivity contribution in [3.05, 3.63) is 17.3 Å². The van der Waals surface area contributed by atoms with Gasteiger partial charge < -0.3 is 0 Å². The van der Waals surface area contributed by atoms with E-state index in [-0.39, 0.29) is 17.1 Å². The fourth-order valence-electron chi connectivity index (χ4n) is 2.45. The Labute approximate surface area is 141 Å². The first-order valence-electron chi connectivity index (χ1n) is 7.54. The summed E-state index contributed by atoms with van der Waals surface area (Å²) in [6.07, 6.45) is 2.66. The molecule has 0 bridgehead atoms. The number of carbonyl (C=O) groups is 1. The summed E-state index contributed by atoms with van der Waals surface area (Å²) in [5.41, 5.74) is -2.47. The number of imidazole rings is 1. The van der Waals surface area contributed by atoms with E-state index in [0.29, 0.717) is 25.0 Å². The van der Waals surface area contributed by atoms with Crippen molar-refractivity contribution in [2.24, 2.45) is 0 Å². The van der Waals surface area contributed by atoms with E-state index in [0.717, 1.165) is 19.3 Å². The second-order valence-electron chi connectivity index (χ2n) is 6.21. The Balaban J connectivity index is 2.02. The summed E-state index contributed by atoms with van der Waals surface area (Å²) in [5, 5.41) is 2.44. The van der Waals surface area contributed by atoms with Crippen molar-refractivity contribution in [2.45, 2.75) is 50.7 Å². The molecule has 1 aliphatic carbocycles. The van der Waals surface area contributed by atoms with Crippen molar-refractivity contribution in [1.29, 1.82) is 0 Å². The summed E-state index contributed by atoms with van der Waals surface area (Å²) in [7, 11) is 0. The maximum atomic E-state index is 14.2. The molecule has 24 heavy (non-hydrogen) atoms. The molecule has 130 valence electrons. The van der Waals surface area contributed by atoms with E-state index < -0.39 is 17.5 Å². The molecule has 0 spiro atoms. The molecule has 1 amide bonds. The minimum Gasteiger partial charge on any atom is -0.293 e. The lowest BCUT2D eigenvalue weighted by atomic mass is 9.93. The summed E-state index contributed by atoms with van der Waals surface area (Å²) in [4.78, 5) is 20.4. The highest BCUT2D eigenvalue weighted by molar-refractivity contribution is 6.29. The number of carbonyl (C=O) groups excluding carboxylic acids is 1. The minimum absolute atomic E-state index is 0.00240. The Kier molecular flexibility index (Phi) is 3.98. The van der Waals surface area contributed by atoms with E-state index in [9.17, 15) is 18.0 Å². The van der Waals surface area contributed by atoms with E-state index >= 15 is 0 Å². The van der Waals surface area contributed by atoms with Crippen molar-refractivity contribution in [2.75, 3.05) is 5.32 Å². The van der Waals surface area contributed by atoms with Crippen LogP contribution in [0.25, 0.3) is 11.2 Å². The second-order valence-corrected chi connectivity index (χ2v) is 6.60. The minimum atomic E-state index is -3.83. The number of halogens is 4. The Morgan fingerprint density at radius 3 is 2.50 bits per heavy atom. The summed E-state index contributed by atoms with van der Waals surface area (Å²) in [6, 6.07) is 3.16. The molecule has 2 aromatic heterocycles. The van der Waals surface area contributed by atoms with Crippen LogP contribution in [0.5, 0.6) is 0 Å². The average molecular weight is 361 g/mol. The topological polar surface area (TPSA) is 59.8 Å². The van der Waals surface area contributed by atoms with E-state index in [1.807, 2.05) is 0 Å². The fraction of sp³-hybridized carbons (Fsp3) is 0.533. The first-order chi connectivity index (χ1) is 11.1. The number of pyridine rings is 1. The number of hydrogen-bond acceptors (Lipinski definition) is 3. The van der Waals surface area contributed by atoms with Gasteiger partial charge in [0.15, 0.2) is 5.65 Å². The molecule has 1 unspecified atom stereocenters. The first-order valence-corrected chi connectivity index (χ1v) is 7.92. The van der Waals surface area contributed by atoms with E-state index in [4.69, 9.17) is 11.6 Å². The van der Waals surface area contributed by atoms with Gasteiger partial charge in [0.1, 0.15) is 10.7 Å². The van der Waals surface area contributed by atoms with Gasteiger partial charge in [0, 0.05) is 13.0 Å². The summed E-state index contributed by atoms with van der Waals surface area (Å²) in [6.45, 7) is 0.913. The first kappa shape index (κ1) is 17.0. The van der Waals surface area contributed by atoms with Crippen LogP contribution in [0.4, 0.5) is 19.1 Å². The highest BCUT2D eigenvalue weighted by Crippen LogP contribution is 2.38. The molecule has 3 rings (SSSR count). The summed E-state index contributed by atoms with van der Waals surface area (Å²) < 4.78 is 42.5. The molecule has 0 saturated heterocycles. The molecular weight excluding hydrogens is 345 g/mol. The molecule has 1 atom stereocenters. The number of amides is 1. The largest absolute Gasteiger partial charge is 0.293 e. The fourth-order valence-corrected chi connectivity index (χ4v) is 2.59. The zero-order valence-corrected chi connectivity index (χ0v) is 13.9. The van der Waals surface area contributed by atoms with Gasteiger partial charge in [-0.1, -0.05) is 11.6 Å². The van der Waals surface area contributed by atoms with Crippen molar-refractivity contribution < 1.29 is 18.0 Å². The lowest BCUT2D eigenvalue weighted by Crippen LogP contribution is -2.49. The Bertz CT molecular complexity index is 796. The number of aromatic nitrogens is 3. The smallest absolute Gasteiger partial charge is 0.287 e. The average Bonchev–Trinajstić information content (AvgIpc) is 2.74. The Hall–Kier alpha value is -1.83. The molecule has 1 N–H and O–H groups in total. The predicted octanol–water partition coefficient (Wildman–Crippen LogP) is 4.13. The van der Waals surface area contributed by atoms with Crippen LogP contribution >= 0.6 is 11.6 Å². The van der Waals surface area contributed by atoms with Gasteiger partial charge in [0.25, 0.3) is 11.8 Å². The molecule has 1 fully saturated rings. The van der Waals surface area contributed by atoms with Crippen LogP contribution < -0.4 is 5.32 Å². The summed E-state index contributed by atoms with van der Waals surface area (Å²) in [5.74, 6) is -5.27. The van der Waals surface area contributed by atoms with Gasteiger partial charge in [-0.2, -0.15) is 0 Å². The number of fused-ring (bicyclic) bond motifs is 1.